The Kier molecular flexibility index (Phi) is 6.59. The van der Waals surface area contributed by atoms with E-state index in [9.17, 15) is 10.2 Å². The van der Waals surface area contributed by atoms with E-state index in [2.05, 4.69) is 11.5 Å². The molecular weight excluding hydrogens is 294 g/mol. The molecule has 128 valence electrons. The fourth-order valence-corrected chi connectivity index (χ4v) is 2.64. The van der Waals surface area contributed by atoms with Gasteiger partial charge in [0.1, 0.15) is 5.75 Å². The zero-order valence-electron chi connectivity index (χ0n) is 13.9. The van der Waals surface area contributed by atoms with Crippen LogP contribution in [0, 0.1) is 0 Å². The molecule has 5 heteroatoms. The van der Waals surface area contributed by atoms with Crippen LogP contribution in [0.1, 0.15) is 24.8 Å². The highest BCUT2D eigenvalue weighted by Gasteiger charge is 2.29. The third-order valence-electron chi connectivity index (χ3n) is 3.93. The van der Waals surface area contributed by atoms with Gasteiger partial charge in [-0.05, 0) is 32.2 Å². The lowest BCUT2D eigenvalue weighted by molar-refractivity contribution is -0.184. The lowest BCUT2D eigenvalue weighted by atomic mass is 10.0. The maximum atomic E-state index is 9.89. The first-order chi connectivity index (χ1) is 11.0. The Hall–Kier alpha value is -1.40. The maximum Gasteiger partial charge on any atom is 0.202 e. The number of hydrogen-bond acceptors (Lipinski definition) is 5. The van der Waals surface area contributed by atoms with Gasteiger partial charge in [-0.2, -0.15) is 0 Å². The Morgan fingerprint density at radius 3 is 2.78 bits per heavy atom. The molecule has 1 aliphatic heterocycles. The summed E-state index contributed by atoms with van der Waals surface area (Å²) in [7, 11) is 4.06. The van der Waals surface area contributed by atoms with Crippen LogP contribution in [0.25, 0.3) is 5.57 Å². The van der Waals surface area contributed by atoms with E-state index in [0.29, 0.717) is 18.6 Å². The minimum atomic E-state index is -0.557. The van der Waals surface area contributed by atoms with Gasteiger partial charge in [-0.1, -0.05) is 24.8 Å². The molecule has 0 spiro atoms. The van der Waals surface area contributed by atoms with E-state index < -0.39 is 12.4 Å². The summed E-state index contributed by atoms with van der Waals surface area (Å²) in [5.41, 5.74) is 1.96. The summed E-state index contributed by atoms with van der Waals surface area (Å²) in [5, 5.41) is 19.1. The number of aliphatic hydroxyl groups excluding tert-OH is 2. The number of aliphatic hydroxyl groups is 2. The quantitative estimate of drug-likeness (QED) is 0.803. The summed E-state index contributed by atoms with van der Waals surface area (Å²) in [4.78, 5) is 2.11. The Morgan fingerprint density at radius 2 is 2.09 bits per heavy atom. The predicted molar refractivity (Wildman–Crippen MR) is 90.3 cm³/mol. The van der Waals surface area contributed by atoms with Gasteiger partial charge in [-0.3, -0.25) is 0 Å². The number of rotatable bonds is 7. The number of para-hydroxylation sites is 1. The van der Waals surface area contributed by atoms with E-state index in [-0.39, 0.29) is 12.7 Å². The fourth-order valence-electron chi connectivity index (χ4n) is 2.64. The highest BCUT2D eigenvalue weighted by Crippen LogP contribution is 2.30. The molecule has 1 aliphatic rings. The number of benzene rings is 1. The molecule has 3 atom stereocenters. The largest absolute Gasteiger partial charge is 0.464 e. The van der Waals surface area contributed by atoms with Crippen molar-refractivity contribution in [2.75, 3.05) is 27.2 Å². The van der Waals surface area contributed by atoms with Crippen molar-refractivity contribution in [3.8, 4) is 5.75 Å². The van der Waals surface area contributed by atoms with Gasteiger partial charge in [0.15, 0.2) is 0 Å². The second-order valence-electron chi connectivity index (χ2n) is 6.27. The number of nitrogens with zero attached hydrogens (tertiary/aromatic N) is 1. The van der Waals surface area contributed by atoms with E-state index in [1.807, 2.05) is 38.4 Å². The van der Waals surface area contributed by atoms with Crippen LogP contribution in [0.15, 0.2) is 30.8 Å². The lowest BCUT2D eigenvalue weighted by Gasteiger charge is -2.32. The van der Waals surface area contributed by atoms with Gasteiger partial charge in [0, 0.05) is 24.9 Å². The third kappa shape index (κ3) is 5.32. The summed E-state index contributed by atoms with van der Waals surface area (Å²) in [5.74, 6) is 0.701. The Balaban J connectivity index is 2.06. The molecule has 1 saturated heterocycles. The molecule has 0 aromatic heterocycles. The molecule has 0 amide bonds. The van der Waals surface area contributed by atoms with Crippen LogP contribution < -0.4 is 4.74 Å². The van der Waals surface area contributed by atoms with Crippen LogP contribution in [0.3, 0.4) is 0 Å². The molecule has 1 heterocycles. The molecule has 0 radical (unpaired) electrons. The molecule has 23 heavy (non-hydrogen) atoms. The average Bonchev–Trinajstić information content (AvgIpc) is 2.52. The van der Waals surface area contributed by atoms with Gasteiger partial charge >= 0.3 is 0 Å². The van der Waals surface area contributed by atoms with E-state index in [1.165, 1.54) is 0 Å². The second-order valence-corrected chi connectivity index (χ2v) is 6.27. The summed E-state index contributed by atoms with van der Waals surface area (Å²) < 4.78 is 11.6. The Bertz CT molecular complexity index is 517. The van der Waals surface area contributed by atoms with Crippen molar-refractivity contribution in [1.29, 1.82) is 0 Å². The van der Waals surface area contributed by atoms with Crippen LogP contribution in [-0.2, 0) is 4.74 Å². The highest BCUT2D eigenvalue weighted by molar-refractivity contribution is 5.68. The molecule has 3 unspecified atom stereocenters. The third-order valence-corrected chi connectivity index (χ3v) is 3.93. The van der Waals surface area contributed by atoms with Crippen molar-refractivity contribution in [3.05, 3.63) is 36.4 Å². The van der Waals surface area contributed by atoms with Crippen molar-refractivity contribution in [2.24, 2.45) is 0 Å². The molecule has 1 aromatic carbocycles. The fraction of sp³-hybridized carbons (Fsp3) is 0.556. The van der Waals surface area contributed by atoms with Crippen LogP contribution >= 0.6 is 0 Å². The average molecular weight is 321 g/mol. The van der Waals surface area contributed by atoms with Gasteiger partial charge in [0.05, 0.1) is 18.8 Å². The van der Waals surface area contributed by atoms with E-state index in [4.69, 9.17) is 9.47 Å². The first-order valence-corrected chi connectivity index (χ1v) is 8.02. The number of ether oxygens (including phenoxy) is 2. The summed E-state index contributed by atoms with van der Waals surface area (Å²) in [6.07, 6.45) is 0.227. The van der Waals surface area contributed by atoms with E-state index in [1.54, 1.807) is 0 Å². The molecule has 1 aromatic rings. The van der Waals surface area contributed by atoms with Crippen molar-refractivity contribution in [3.63, 3.8) is 0 Å². The molecule has 1 fully saturated rings. The van der Waals surface area contributed by atoms with E-state index in [0.717, 1.165) is 24.1 Å². The number of hydrogen-bond donors (Lipinski definition) is 2. The van der Waals surface area contributed by atoms with Gasteiger partial charge in [0.25, 0.3) is 0 Å². The standard InChI is InChI=1S/C18H27NO4/c1-13(8-9-19(2)3)16-6-4-5-7-17(16)23-18-11-14(21)10-15(12-20)22-18/h4-7,14-15,18,20-21H,1,8-12H2,2-3H3. The maximum absolute atomic E-state index is 9.89. The molecule has 0 saturated carbocycles. The summed E-state index contributed by atoms with van der Waals surface area (Å²) in [6.45, 7) is 4.96. The minimum Gasteiger partial charge on any atom is -0.464 e. The zero-order valence-corrected chi connectivity index (χ0v) is 13.9. The molecule has 0 aliphatic carbocycles. The van der Waals surface area contributed by atoms with Crippen LogP contribution in [0.4, 0.5) is 0 Å². The Labute approximate surface area is 138 Å². The minimum absolute atomic E-state index is 0.117. The molecule has 0 bridgehead atoms. The molecule has 2 N–H and O–H groups in total. The van der Waals surface area contributed by atoms with Crippen molar-refractivity contribution in [2.45, 2.75) is 37.8 Å². The normalized spacial score (nSPS) is 24.7. The molecule has 2 rings (SSSR count). The first kappa shape index (κ1) is 17.9. The van der Waals surface area contributed by atoms with Gasteiger partial charge in [0.2, 0.25) is 6.29 Å². The second kappa shape index (κ2) is 8.45. The van der Waals surface area contributed by atoms with Crippen LogP contribution in [0.2, 0.25) is 0 Å². The van der Waals surface area contributed by atoms with Crippen LogP contribution in [-0.4, -0.2) is 60.9 Å². The van der Waals surface area contributed by atoms with Crippen molar-refractivity contribution < 1.29 is 19.7 Å². The monoisotopic (exact) mass is 321 g/mol. The summed E-state index contributed by atoms with van der Waals surface area (Å²) in [6, 6.07) is 7.72. The highest BCUT2D eigenvalue weighted by atomic mass is 16.7. The van der Waals surface area contributed by atoms with Gasteiger partial charge in [-0.15, -0.1) is 0 Å². The summed E-state index contributed by atoms with van der Waals surface area (Å²) >= 11 is 0. The zero-order chi connectivity index (χ0) is 16.8. The van der Waals surface area contributed by atoms with Gasteiger partial charge in [-0.25, -0.2) is 0 Å². The topological polar surface area (TPSA) is 62.2 Å². The SMILES string of the molecule is C=C(CCN(C)C)c1ccccc1OC1CC(O)CC(CO)O1. The van der Waals surface area contributed by atoms with Crippen LogP contribution in [0.5, 0.6) is 5.75 Å². The predicted octanol–water partition coefficient (Wildman–Crippen LogP) is 1.89. The van der Waals surface area contributed by atoms with E-state index >= 15 is 0 Å². The van der Waals surface area contributed by atoms with Crippen molar-refractivity contribution >= 4 is 5.57 Å². The van der Waals surface area contributed by atoms with Gasteiger partial charge < -0.3 is 24.6 Å². The smallest absolute Gasteiger partial charge is 0.202 e. The van der Waals surface area contributed by atoms with Crippen molar-refractivity contribution in [1.82, 2.24) is 4.90 Å². The first-order valence-electron chi connectivity index (χ1n) is 8.02. The lowest BCUT2D eigenvalue weighted by Crippen LogP contribution is -2.40. The Morgan fingerprint density at radius 1 is 1.35 bits per heavy atom. The molecule has 5 nitrogen and oxygen atoms in total. The molecular formula is C18H27NO4.